The predicted molar refractivity (Wildman–Crippen MR) is 135 cm³/mol. The van der Waals surface area contributed by atoms with Crippen LogP contribution in [-0.2, 0) is 17.5 Å². The maximum atomic E-state index is 13.7. The summed E-state index contributed by atoms with van der Waals surface area (Å²) in [6, 6.07) is 14.9. The second-order valence-corrected chi connectivity index (χ2v) is 9.00. The summed E-state index contributed by atoms with van der Waals surface area (Å²) in [6.45, 7) is 2.48. The number of hydrogen-bond acceptors (Lipinski definition) is 5. The Morgan fingerprint density at radius 3 is 2.54 bits per heavy atom. The van der Waals surface area contributed by atoms with Gasteiger partial charge in [0.2, 0.25) is 0 Å². The van der Waals surface area contributed by atoms with Crippen molar-refractivity contribution in [2.45, 2.75) is 32.1 Å². The number of hydrogen-bond donors (Lipinski definition) is 3. The molecule has 9 heteroatoms. The molecule has 6 nitrogen and oxygen atoms in total. The van der Waals surface area contributed by atoms with Gasteiger partial charge in [-0.1, -0.05) is 47.6 Å². The molecule has 3 aromatic carbocycles. The Hall–Kier alpha value is -3.95. The van der Waals surface area contributed by atoms with Crippen LogP contribution in [0.5, 0.6) is 0 Å². The first kappa shape index (κ1) is 26.1. The first-order valence-corrected chi connectivity index (χ1v) is 11.4. The molecule has 0 amide bonds. The van der Waals surface area contributed by atoms with Crippen LogP contribution < -0.4 is 5.32 Å². The van der Waals surface area contributed by atoms with Crippen molar-refractivity contribution < 1.29 is 32.7 Å². The van der Waals surface area contributed by atoms with E-state index in [4.69, 9.17) is 4.52 Å². The largest absolute Gasteiger partial charge is 0.480 e. The average Bonchev–Trinajstić information content (AvgIpc) is 3.34. The molecule has 0 bridgehead atoms. The van der Waals surface area contributed by atoms with Gasteiger partial charge in [0.25, 0.3) is 0 Å². The van der Waals surface area contributed by atoms with Crippen molar-refractivity contribution >= 4 is 29.1 Å². The SMILES string of the molecule is Cc1c(/C=C/c2cc(CNC(C)(CO)C(=O)O)ccc2C(F)(F)F)cccc1-c1ccc2cnoc2c1. The normalized spacial score (nSPS) is 13.8. The minimum absolute atomic E-state index is 0.0407. The summed E-state index contributed by atoms with van der Waals surface area (Å²) in [7, 11) is 0. The molecule has 1 heterocycles. The topological polar surface area (TPSA) is 95.6 Å². The van der Waals surface area contributed by atoms with Crippen molar-refractivity contribution in [1.29, 1.82) is 0 Å². The first-order valence-electron chi connectivity index (χ1n) is 11.4. The third kappa shape index (κ3) is 5.58. The number of nitrogens with zero attached hydrogens (tertiary/aromatic N) is 1. The second-order valence-electron chi connectivity index (χ2n) is 9.00. The number of aliphatic hydroxyl groups excluding tert-OH is 1. The molecule has 0 saturated heterocycles. The highest BCUT2D eigenvalue weighted by atomic mass is 19.4. The molecule has 0 aliphatic rings. The van der Waals surface area contributed by atoms with Gasteiger partial charge in [-0.15, -0.1) is 0 Å². The second kappa shape index (κ2) is 10.2. The van der Waals surface area contributed by atoms with Crippen molar-refractivity contribution in [1.82, 2.24) is 10.5 Å². The molecule has 192 valence electrons. The molecule has 0 saturated carbocycles. The zero-order chi connectivity index (χ0) is 26.8. The quantitative estimate of drug-likeness (QED) is 0.255. The maximum Gasteiger partial charge on any atom is 0.416 e. The van der Waals surface area contributed by atoms with Gasteiger partial charge in [0.1, 0.15) is 5.54 Å². The van der Waals surface area contributed by atoms with Crippen LogP contribution in [0.25, 0.3) is 34.2 Å². The van der Waals surface area contributed by atoms with Crippen molar-refractivity contribution in [3.63, 3.8) is 0 Å². The zero-order valence-corrected chi connectivity index (χ0v) is 20.1. The number of rotatable bonds is 8. The van der Waals surface area contributed by atoms with E-state index in [2.05, 4.69) is 10.5 Å². The molecule has 0 aliphatic heterocycles. The Morgan fingerprint density at radius 2 is 1.84 bits per heavy atom. The van der Waals surface area contributed by atoms with Gasteiger partial charge in [0.15, 0.2) is 5.58 Å². The molecule has 1 aromatic heterocycles. The number of carboxylic acid groups (broad SMARTS) is 1. The van der Waals surface area contributed by atoms with Gasteiger partial charge in [-0.25, -0.2) is 0 Å². The summed E-state index contributed by atoms with van der Waals surface area (Å²) in [6.07, 6.45) is 0.0812. The molecule has 37 heavy (non-hydrogen) atoms. The Balaban J connectivity index is 1.67. The molecule has 4 aromatic rings. The zero-order valence-electron chi connectivity index (χ0n) is 20.1. The Bertz CT molecular complexity index is 1480. The lowest BCUT2D eigenvalue weighted by Gasteiger charge is -2.24. The van der Waals surface area contributed by atoms with Crippen LogP contribution >= 0.6 is 0 Å². The average molecular weight is 511 g/mol. The van der Waals surface area contributed by atoms with Crippen LogP contribution in [0, 0.1) is 6.92 Å². The summed E-state index contributed by atoms with van der Waals surface area (Å²) in [5.41, 5.74) is 2.02. The van der Waals surface area contributed by atoms with Gasteiger partial charge in [-0.2, -0.15) is 13.2 Å². The summed E-state index contributed by atoms with van der Waals surface area (Å²) >= 11 is 0. The molecule has 0 spiro atoms. The fraction of sp³-hybridized carbons (Fsp3) is 0.214. The van der Waals surface area contributed by atoms with Crippen molar-refractivity contribution in [2.24, 2.45) is 0 Å². The van der Waals surface area contributed by atoms with Crippen LogP contribution in [0.4, 0.5) is 13.2 Å². The van der Waals surface area contributed by atoms with Crippen LogP contribution in [0.1, 0.15) is 34.7 Å². The summed E-state index contributed by atoms with van der Waals surface area (Å²) in [4.78, 5) is 11.4. The fourth-order valence-electron chi connectivity index (χ4n) is 3.97. The molecule has 0 fully saturated rings. The monoisotopic (exact) mass is 510 g/mol. The first-order chi connectivity index (χ1) is 17.5. The van der Waals surface area contributed by atoms with E-state index >= 15 is 0 Å². The third-order valence-corrected chi connectivity index (χ3v) is 6.38. The molecule has 0 radical (unpaired) electrons. The van der Waals surface area contributed by atoms with E-state index in [1.54, 1.807) is 12.3 Å². The highest BCUT2D eigenvalue weighted by Gasteiger charge is 2.34. The molecule has 0 aliphatic carbocycles. The van der Waals surface area contributed by atoms with E-state index in [9.17, 15) is 28.2 Å². The predicted octanol–water partition coefficient (Wildman–Crippen LogP) is 5.92. The highest BCUT2D eigenvalue weighted by Crippen LogP contribution is 2.34. The molecule has 1 unspecified atom stereocenters. The molecule has 4 rings (SSSR count). The Morgan fingerprint density at radius 1 is 1.08 bits per heavy atom. The molecule has 3 N–H and O–H groups in total. The number of benzene rings is 3. The van der Waals surface area contributed by atoms with Crippen molar-refractivity contribution in [3.05, 3.63) is 88.6 Å². The van der Waals surface area contributed by atoms with E-state index in [-0.39, 0.29) is 12.1 Å². The van der Waals surface area contributed by atoms with Crippen LogP contribution in [-0.4, -0.2) is 33.5 Å². The molecule has 1 atom stereocenters. The van der Waals surface area contributed by atoms with E-state index in [1.165, 1.54) is 25.1 Å². The van der Waals surface area contributed by atoms with Gasteiger partial charge < -0.3 is 14.7 Å². The van der Waals surface area contributed by atoms with Crippen molar-refractivity contribution in [3.8, 4) is 11.1 Å². The van der Waals surface area contributed by atoms with E-state index in [0.717, 1.165) is 33.7 Å². The number of carbonyl (C=O) groups is 1. The summed E-state index contributed by atoms with van der Waals surface area (Å²) in [5, 5.41) is 26.1. The number of carboxylic acids is 1. The lowest BCUT2D eigenvalue weighted by molar-refractivity contribution is -0.146. The number of aliphatic hydroxyl groups is 1. The minimum Gasteiger partial charge on any atom is -0.480 e. The van der Waals surface area contributed by atoms with Gasteiger partial charge >= 0.3 is 12.1 Å². The minimum atomic E-state index is -4.57. The Labute approximate surface area is 211 Å². The van der Waals surface area contributed by atoms with E-state index in [1.807, 2.05) is 43.3 Å². The Kier molecular flexibility index (Phi) is 7.20. The van der Waals surface area contributed by atoms with Crippen LogP contribution in [0.3, 0.4) is 0 Å². The van der Waals surface area contributed by atoms with Gasteiger partial charge in [0.05, 0.1) is 18.4 Å². The molecular weight excluding hydrogens is 485 g/mol. The smallest absolute Gasteiger partial charge is 0.416 e. The van der Waals surface area contributed by atoms with Crippen LogP contribution in [0.15, 0.2) is 65.3 Å². The maximum absolute atomic E-state index is 13.7. The standard InChI is InChI=1S/C28H25F3N2O4/c1-17-19(4-3-5-23(17)20-8-10-22-15-33-37-25(22)13-20)7-9-21-12-18(6-11-24(21)28(29,30)31)14-32-27(2,16-34)26(35)36/h3-13,15,32,34H,14,16H2,1-2H3,(H,35,36)/b9-7+. The fourth-order valence-corrected chi connectivity index (χ4v) is 3.97. The number of nitrogens with one attached hydrogen (secondary N) is 1. The number of fused-ring (bicyclic) bond motifs is 1. The molecular formula is C28H25F3N2O4. The lowest BCUT2D eigenvalue weighted by atomic mass is 9.95. The highest BCUT2D eigenvalue weighted by molar-refractivity contribution is 5.85. The summed E-state index contributed by atoms with van der Waals surface area (Å²) < 4.78 is 46.4. The number of alkyl halides is 3. The van der Waals surface area contributed by atoms with Crippen LogP contribution in [0.2, 0.25) is 0 Å². The lowest BCUT2D eigenvalue weighted by Crippen LogP contribution is -2.52. The summed E-state index contributed by atoms with van der Waals surface area (Å²) in [5.74, 6) is -1.26. The number of aromatic nitrogens is 1. The third-order valence-electron chi connectivity index (χ3n) is 6.38. The van der Waals surface area contributed by atoms with Gasteiger partial charge in [-0.05, 0) is 71.5 Å². The van der Waals surface area contributed by atoms with E-state index in [0.29, 0.717) is 11.1 Å². The number of aliphatic carboxylic acids is 1. The van der Waals surface area contributed by atoms with Gasteiger partial charge in [-0.3, -0.25) is 10.1 Å². The van der Waals surface area contributed by atoms with Crippen molar-refractivity contribution in [2.75, 3.05) is 6.61 Å². The number of halogens is 3. The van der Waals surface area contributed by atoms with E-state index < -0.39 is 29.9 Å². The van der Waals surface area contributed by atoms with Gasteiger partial charge in [0, 0.05) is 11.9 Å².